The van der Waals surface area contributed by atoms with Crippen molar-refractivity contribution < 1.29 is 9.53 Å². The van der Waals surface area contributed by atoms with Gasteiger partial charge in [0.05, 0.1) is 12.2 Å². The quantitative estimate of drug-likeness (QED) is 0.732. The van der Waals surface area contributed by atoms with Crippen LogP contribution in [0.4, 0.5) is 0 Å². The van der Waals surface area contributed by atoms with E-state index in [9.17, 15) is 4.79 Å². The average molecular weight is 351 g/mol. The Bertz CT molecular complexity index is 908. The maximum Gasteiger partial charge on any atom is 0.270 e. The summed E-state index contributed by atoms with van der Waals surface area (Å²) < 4.78 is 7.52. The van der Waals surface area contributed by atoms with Gasteiger partial charge in [0.25, 0.3) is 5.91 Å². The largest absolute Gasteiger partial charge is 0.491 e. The number of imidazole rings is 1. The molecule has 25 heavy (non-hydrogen) atoms. The topological polar surface area (TPSA) is 56.1 Å². The highest BCUT2D eigenvalue weighted by Crippen LogP contribution is 2.32. The minimum Gasteiger partial charge on any atom is -0.491 e. The third-order valence-corrected chi connectivity index (χ3v) is 4.82. The fourth-order valence-electron chi connectivity index (χ4n) is 2.98. The van der Waals surface area contributed by atoms with E-state index in [-0.39, 0.29) is 11.9 Å². The molecule has 126 valence electrons. The smallest absolute Gasteiger partial charge is 0.270 e. The number of thioether (sulfide) groups is 1. The van der Waals surface area contributed by atoms with Gasteiger partial charge in [0.15, 0.2) is 5.16 Å². The van der Waals surface area contributed by atoms with Crippen molar-refractivity contribution in [1.82, 2.24) is 14.9 Å². The first-order chi connectivity index (χ1) is 12.3. The van der Waals surface area contributed by atoms with Crippen LogP contribution in [0.3, 0.4) is 0 Å². The number of nitrogens with zero attached hydrogens (tertiary/aromatic N) is 2. The second kappa shape index (κ2) is 6.64. The molecule has 1 aromatic heterocycles. The summed E-state index contributed by atoms with van der Waals surface area (Å²) in [6, 6.07) is 17.4. The molecular formula is C19H17N3O2S. The highest BCUT2D eigenvalue weighted by molar-refractivity contribution is 7.98. The van der Waals surface area contributed by atoms with Gasteiger partial charge >= 0.3 is 0 Å². The number of amides is 1. The minimum atomic E-state index is -0.165. The van der Waals surface area contributed by atoms with Crippen LogP contribution in [-0.2, 0) is 0 Å². The fourth-order valence-corrected chi connectivity index (χ4v) is 3.52. The molecule has 1 atom stereocenters. The van der Waals surface area contributed by atoms with Crippen molar-refractivity contribution in [2.45, 2.75) is 11.2 Å². The molecule has 0 radical (unpaired) electrons. The Morgan fingerprint density at radius 3 is 2.76 bits per heavy atom. The van der Waals surface area contributed by atoms with E-state index in [1.54, 1.807) is 6.20 Å². The molecule has 3 aromatic rings. The molecule has 5 nitrogen and oxygen atoms in total. The molecule has 4 rings (SSSR count). The molecule has 0 bridgehead atoms. The van der Waals surface area contributed by atoms with Gasteiger partial charge in [-0.2, -0.15) is 0 Å². The first-order valence-electron chi connectivity index (χ1n) is 7.97. The standard InChI is InChI=1S/C19H17N3O2S/c1-25-19-20-11-16(22(19)13-7-3-2-4-8-13)18(23)21-15-12-24-17-10-6-5-9-14(15)17/h2-11,15H,12H2,1H3,(H,21,23)/t15-/m0/s1. The van der Waals surface area contributed by atoms with Crippen molar-refractivity contribution in [3.63, 3.8) is 0 Å². The first kappa shape index (κ1) is 15.8. The SMILES string of the molecule is CSc1ncc(C(=O)N[C@H]2COc3ccccc32)n1-c1ccccc1. The number of rotatable bonds is 4. The van der Waals surface area contributed by atoms with Crippen LogP contribution in [0.25, 0.3) is 5.69 Å². The van der Waals surface area contributed by atoms with E-state index in [0.29, 0.717) is 12.3 Å². The second-order valence-corrected chi connectivity index (χ2v) is 6.45. The third kappa shape index (κ3) is 2.89. The van der Waals surface area contributed by atoms with Crippen LogP contribution in [0.1, 0.15) is 22.1 Å². The molecule has 0 spiro atoms. The van der Waals surface area contributed by atoms with Gasteiger partial charge in [-0.1, -0.05) is 48.2 Å². The molecule has 0 saturated heterocycles. The van der Waals surface area contributed by atoms with Crippen molar-refractivity contribution in [1.29, 1.82) is 0 Å². The van der Waals surface area contributed by atoms with Gasteiger partial charge < -0.3 is 10.1 Å². The summed E-state index contributed by atoms with van der Waals surface area (Å²) in [6.07, 6.45) is 3.57. The van der Waals surface area contributed by atoms with Crippen molar-refractivity contribution in [2.24, 2.45) is 0 Å². The van der Waals surface area contributed by atoms with Crippen LogP contribution in [0.2, 0.25) is 0 Å². The fraction of sp³-hybridized carbons (Fsp3) is 0.158. The zero-order valence-corrected chi connectivity index (χ0v) is 14.5. The number of ether oxygens (including phenoxy) is 1. The Labute approximate surface area is 150 Å². The average Bonchev–Trinajstić information content (AvgIpc) is 3.27. The molecule has 0 fully saturated rings. The number of fused-ring (bicyclic) bond motifs is 1. The number of hydrogen-bond acceptors (Lipinski definition) is 4. The van der Waals surface area contributed by atoms with Gasteiger partial charge in [0.2, 0.25) is 0 Å². The van der Waals surface area contributed by atoms with E-state index in [2.05, 4.69) is 10.3 Å². The molecule has 1 N–H and O–H groups in total. The van der Waals surface area contributed by atoms with Gasteiger partial charge in [-0.25, -0.2) is 4.98 Å². The van der Waals surface area contributed by atoms with Crippen molar-refractivity contribution >= 4 is 17.7 Å². The zero-order chi connectivity index (χ0) is 17.2. The summed E-state index contributed by atoms with van der Waals surface area (Å²) in [5.74, 6) is 0.663. The van der Waals surface area contributed by atoms with E-state index in [0.717, 1.165) is 22.2 Å². The number of para-hydroxylation sites is 2. The monoisotopic (exact) mass is 351 g/mol. The molecule has 2 heterocycles. The predicted octanol–water partition coefficient (Wildman–Crippen LogP) is 3.46. The number of benzene rings is 2. The van der Waals surface area contributed by atoms with Crippen LogP contribution < -0.4 is 10.1 Å². The number of carbonyl (C=O) groups is 1. The Kier molecular flexibility index (Phi) is 4.19. The Hall–Kier alpha value is -2.73. The molecular weight excluding hydrogens is 334 g/mol. The lowest BCUT2D eigenvalue weighted by atomic mass is 10.1. The maximum atomic E-state index is 12.9. The van der Waals surface area contributed by atoms with E-state index in [4.69, 9.17) is 4.74 Å². The van der Waals surface area contributed by atoms with E-state index in [1.807, 2.05) is 65.4 Å². The Morgan fingerprint density at radius 1 is 1.20 bits per heavy atom. The summed E-state index contributed by atoms with van der Waals surface area (Å²) in [4.78, 5) is 17.3. The molecule has 1 aliphatic heterocycles. The lowest BCUT2D eigenvalue weighted by Gasteiger charge is -2.14. The first-order valence-corrected chi connectivity index (χ1v) is 9.20. The predicted molar refractivity (Wildman–Crippen MR) is 97.5 cm³/mol. The van der Waals surface area contributed by atoms with Crippen molar-refractivity contribution in [3.05, 3.63) is 72.1 Å². The lowest BCUT2D eigenvalue weighted by Crippen LogP contribution is -2.31. The van der Waals surface area contributed by atoms with E-state index in [1.165, 1.54) is 11.8 Å². The van der Waals surface area contributed by atoms with Crippen molar-refractivity contribution in [2.75, 3.05) is 12.9 Å². The van der Waals surface area contributed by atoms with Crippen LogP contribution in [0, 0.1) is 0 Å². The van der Waals surface area contributed by atoms with Gasteiger partial charge in [-0.15, -0.1) is 0 Å². The summed E-state index contributed by atoms with van der Waals surface area (Å²) in [7, 11) is 0. The van der Waals surface area contributed by atoms with Gasteiger partial charge in [-0.3, -0.25) is 9.36 Å². The number of carbonyl (C=O) groups excluding carboxylic acids is 1. The normalized spacial score (nSPS) is 15.5. The van der Waals surface area contributed by atoms with Crippen molar-refractivity contribution in [3.8, 4) is 11.4 Å². The van der Waals surface area contributed by atoms with E-state index >= 15 is 0 Å². The van der Waals surface area contributed by atoms with Crippen LogP contribution in [0.15, 0.2) is 66.0 Å². The number of hydrogen-bond donors (Lipinski definition) is 1. The number of nitrogens with one attached hydrogen (secondary N) is 1. The molecule has 0 unspecified atom stereocenters. The highest BCUT2D eigenvalue weighted by Gasteiger charge is 2.27. The van der Waals surface area contributed by atoms with Crippen LogP contribution >= 0.6 is 11.8 Å². The summed E-state index contributed by atoms with van der Waals surface area (Å²) in [5, 5.41) is 3.84. The van der Waals surface area contributed by atoms with Gasteiger partial charge in [0, 0.05) is 11.3 Å². The summed E-state index contributed by atoms with van der Waals surface area (Å²) in [6.45, 7) is 0.444. The summed E-state index contributed by atoms with van der Waals surface area (Å²) in [5.41, 5.74) is 2.43. The third-order valence-electron chi connectivity index (χ3n) is 4.16. The molecule has 0 saturated carbocycles. The Morgan fingerprint density at radius 2 is 1.96 bits per heavy atom. The molecule has 0 aliphatic carbocycles. The van der Waals surface area contributed by atoms with E-state index < -0.39 is 0 Å². The molecule has 2 aromatic carbocycles. The zero-order valence-electron chi connectivity index (χ0n) is 13.7. The lowest BCUT2D eigenvalue weighted by molar-refractivity contribution is 0.0923. The van der Waals surface area contributed by atoms with Crippen LogP contribution in [-0.4, -0.2) is 28.3 Å². The second-order valence-electron chi connectivity index (χ2n) is 5.68. The Balaban J connectivity index is 1.65. The molecule has 1 amide bonds. The highest BCUT2D eigenvalue weighted by atomic mass is 32.2. The summed E-state index contributed by atoms with van der Waals surface area (Å²) >= 11 is 1.51. The number of aromatic nitrogens is 2. The van der Waals surface area contributed by atoms with Gasteiger partial charge in [-0.05, 0) is 24.5 Å². The maximum absolute atomic E-state index is 12.9. The van der Waals surface area contributed by atoms with Crippen LogP contribution in [0.5, 0.6) is 5.75 Å². The minimum absolute atomic E-state index is 0.152. The molecule has 1 aliphatic rings. The van der Waals surface area contributed by atoms with Gasteiger partial charge in [0.1, 0.15) is 18.1 Å². The molecule has 6 heteroatoms.